The molecule has 0 saturated heterocycles. The number of amides is 2. The van der Waals surface area contributed by atoms with Gasteiger partial charge in [0.1, 0.15) is 17.5 Å². The van der Waals surface area contributed by atoms with Crippen molar-refractivity contribution in [1.82, 2.24) is 15.3 Å². The highest BCUT2D eigenvalue weighted by molar-refractivity contribution is 5.89. The number of nitrogens with one attached hydrogen (secondary N) is 3. The molecule has 4 rings (SSSR count). The van der Waals surface area contributed by atoms with E-state index in [9.17, 15) is 13.6 Å². The number of nitrogens with zero attached hydrogens (tertiary/aromatic N) is 3. The van der Waals surface area contributed by atoms with Gasteiger partial charge in [0, 0.05) is 37.8 Å². The molecule has 172 valence electrons. The van der Waals surface area contributed by atoms with Gasteiger partial charge in [0.15, 0.2) is 0 Å². The minimum atomic E-state index is -0.670. The molecule has 0 aliphatic heterocycles. The van der Waals surface area contributed by atoms with E-state index in [2.05, 4.69) is 20.9 Å². The number of carbonyl (C=O) groups is 1. The van der Waals surface area contributed by atoms with Gasteiger partial charge in [-0.15, -0.1) is 0 Å². The summed E-state index contributed by atoms with van der Waals surface area (Å²) in [5.41, 5.74) is 2.24. The third-order valence-electron chi connectivity index (χ3n) is 6.16. The Labute approximate surface area is 187 Å². The summed E-state index contributed by atoms with van der Waals surface area (Å²) in [5, 5.41) is 8.73. The molecular formula is C23H30F2N6O. The van der Waals surface area contributed by atoms with E-state index >= 15 is 0 Å². The van der Waals surface area contributed by atoms with Crippen molar-refractivity contribution in [2.24, 2.45) is 0 Å². The Balaban J connectivity index is 1.31. The van der Waals surface area contributed by atoms with Crippen LogP contribution in [0, 0.1) is 11.6 Å². The van der Waals surface area contributed by atoms with Crippen molar-refractivity contribution >= 4 is 23.5 Å². The lowest BCUT2D eigenvalue weighted by atomic mass is 9.91. The van der Waals surface area contributed by atoms with Crippen LogP contribution >= 0.6 is 0 Å². The standard InChI is InChI=1S/C23H30F2N6O/c1-31(2)21-17-5-3-4-6-19(17)28-22(30-21)26-15-8-10-16(11-9-15)27-23(32)29-20-13-14(24)7-12-18(20)25/h7,12-13,15-16H,3-6,8-11H2,1-2H3,(H,26,28,30)(H2,27,29,32). The summed E-state index contributed by atoms with van der Waals surface area (Å²) in [4.78, 5) is 23.8. The summed E-state index contributed by atoms with van der Waals surface area (Å²) in [6.07, 6.45) is 7.64. The van der Waals surface area contributed by atoms with E-state index in [-0.39, 0.29) is 17.8 Å². The third-order valence-corrected chi connectivity index (χ3v) is 6.16. The molecule has 32 heavy (non-hydrogen) atoms. The zero-order chi connectivity index (χ0) is 22.7. The molecular weight excluding hydrogens is 414 g/mol. The average Bonchev–Trinajstić information content (AvgIpc) is 2.77. The first-order chi connectivity index (χ1) is 15.4. The van der Waals surface area contributed by atoms with Gasteiger partial charge in [0.25, 0.3) is 0 Å². The topological polar surface area (TPSA) is 82.2 Å². The second-order valence-electron chi connectivity index (χ2n) is 8.81. The number of aromatic nitrogens is 2. The van der Waals surface area contributed by atoms with Gasteiger partial charge in [-0.25, -0.2) is 18.6 Å². The first kappa shape index (κ1) is 22.2. The Morgan fingerprint density at radius 2 is 1.75 bits per heavy atom. The van der Waals surface area contributed by atoms with Crippen LogP contribution in [0.3, 0.4) is 0 Å². The van der Waals surface area contributed by atoms with Crippen molar-refractivity contribution in [2.75, 3.05) is 29.6 Å². The van der Waals surface area contributed by atoms with Crippen molar-refractivity contribution in [2.45, 2.75) is 63.5 Å². The number of anilines is 3. The number of hydrogen-bond acceptors (Lipinski definition) is 5. The van der Waals surface area contributed by atoms with Gasteiger partial charge in [0.05, 0.1) is 11.4 Å². The van der Waals surface area contributed by atoms with E-state index in [1.165, 1.54) is 12.0 Å². The molecule has 0 bridgehead atoms. The van der Waals surface area contributed by atoms with Crippen LogP contribution in [0.5, 0.6) is 0 Å². The molecule has 2 aliphatic rings. The van der Waals surface area contributed by atoms with E-state index in [0.29, 0.717) is 5.95 Å². The van der Waals surface area contributed by atoms with Gasteiger partial charge >= 0.3 is 6.03 Å². The minimum Gasteiger partial charge on any atom is -0.362 e. The van der Waals surface area contributed by atoms with Crippen molar-refractivity contribution in [3.63, 3.8) is 0 Å². The molecule has 0 unspecified atom stereocenters. The largest absolute Gasteiger partial charge is 0.362 e. The Morgan fingerprint density at radius 1 is 1.03 bits per heavy atom. The summed E-state index contributed by atoms with van der Waals surface area (Å²) < 4.78 is 27.0. The van der Waals surface area contributed by atoms with Crippen LogP contribution in [0.2, 0.25) is 0 Å². The third kappa shape index (κ3) is 5.26. The number of urea groups is 1. The molecule has 0 radical (unpaired) electrons. The molecule has 2 aliphatic carbocycles. The van der Waals surface area contributed by atoms with E-state index in [1.807, 2.05) is 14.1 Å². The number of carbonyl (C=O) groups excluding carboxylic acids is 1. The number of halogens is 2. The zero-order valence-electron chi connectivity index (χ0n) is 18.5. The maximum absolute atomic E-state index is 13.7. The number of fused-ring (bicyclic) bond motifs is 1. The van der Waals surface area contributed by atoms with Crippen molar-refractivity contribution in [3.05, 3.63) is 41.1 Å². The van der Waals surface area contributed by atoms with Gasteiger partial charge in [-0.2, -0.15) is 4.98 Å². The molecule has 1 heterocycles. The van der Waals surface area contributed by atoms with Gasteiger partial charge in [0.2, 0.25) is 5.95 Å². The Hall–Kier alpha value is -2.97. The fourth-order valence-electron chi connectivity index (χ4n) is 4.51. The molecule has 0 spiro atoms. The second kappa shape index (κ2) is 9.67. The maximum Gasteiger partial charge on any atom is 0.319 e. The van der Waals surface area contributed by atoms with Crippen LogP contribution < -0.4 is 20.9 Å². The lowest BCUT2D eigenvalue weighted by molar-refractivity contribution is 0.243. The molecule has 1 aromatic heterocycles. The Kier molecular flexibility index (Phi) is 6.72. The Bertz CT molecular complexity index is 975. The fourth-order valence-corrected chi connectivity index (χ4v) is 4.51. The molecule has 2 aromatic rings. The smallest absolute Gasteiger partial charge is 0.319 e. The fraction of sp³-hybridized carbons (Fsp3) is 0.522. The zero-order valence-corrected chi connectivity index (χ0v) is 18.5. The molecule has 1 fully saturated rings. The molecule has 1 aromatic carbocycles. The van der Waals surface area contributed by atoms with Crippen LogP contribution in [-0.4, -0.2) is 42.2 Å². The molecule has 0 atom stereocenters. The van der Waals surface area contributed by atoms with Crippen LogP contribution in [0.25, 0.3) is 0 Å². The molecule has 2 amide bonds. The van der Waals surface area contributed by atoms with E-state index in [1.54, 1.807) is 0 Å². The van der Waals surface area contributed by atoms with Gasteiger partial charge in [-0.1, -0.05) is 0 Å². The Morgan fingerprint density at radius 3 is 2.50 bits per heavy atom. The van der Waals surface area contributed by atoms with Crippen LogP contribution in [0.4, 0.5) is 31.0 Å². The quantitative estimate of drug-likeness (QED) is 0.643. The molecule has 9 heteroatoms. The van der Waals surface area contributed by atoms with E-state index in [0.717, 1.165) is 74.7 Å². The van der Waals surface area contributed by atoms with Crippen molar-refractivity contribution < 1.29 is 13.6 Å². The van der Waals surface area contributed by atoms with Gasteiger partial charge < -0.3 is 20.9 Å². The summed E-state index contributed by atoms with van der Waals surface area (Å²) in [6, 6.07) is 2.66. The van der Waals surface area contributed by atoms with Gasteiger partial charge in [-0.05, 0) is 63.5 Å². The molecule has 7 nitrogen and oxygen atoms in total. The highest BCUT2D eigenvalue weighted by Crippen LogP contribution is 2.29. The van der Waals surface area contributed by atoms with E-state index < -0.39 is 17.7 Å². The first-order valence-corrected chi connectivity index (χ1v) is 11.3. The highest BCUT2D eigenvalue weighted by atomic mass is 19.1. The van der Waals surface area contributed by atoms with Crippen LogP contribution in [0.15, 0.2) is 18.2 Å². The van der Waals surface area contributed by atoms with Crippen molar-refractivity contribution in [1.29, 1.82) is 0 Å². The highest BCUT2D eigenvalue weighted by Gasteiger charge is 2.25. The minimum absolute atomic E-state index is 0.0218. The average molecular weight is 445 g/mol. The lowest BCUT2D eigenvalue weighted by Crippen LogP contribution is -2.42. The number of rotatable bonds is 5. The van der Waals surface area contributed by atoms with Crippen LogP contribution in [0.1, 0.15) is 49.8 Å². The second-order valence-corrected chi connectivity index (χ2v) is 8.81. The monoisotopic (exact) mass is 444 g/mol. The van der Waals surface area contributed by atoms with Crippen molar-refractivity contribution in [3.8, 4) is 0 Å². The first-order valence-electron chi connectivity index (χ1n) is 11.3. The number of aryl methyl sites for hydroxylation is 1. The SMILES string of the molecule is CN(C)c1nc(NC2CCC(NC(=O)Nc3cc(F)ccc3F)CC2)nc2c1CCCC2. The maximum atomic E-state index is 13.7. The predicted octanol–water partition coefficient (Wildman–Crippen LogP) is 4.24. The van der Waals surface area contributed by atoms with E-state index in [4.69, 9.17) is 9.97 Å². The number of benzene rings is 1. The summed E-state index contributed by atoms with van der Waals surface area (Å²) in [5.74, 6) is 0.394. The summed E-state index contributed by atoms with van der Waals surface area (Å²) >= 11 is 0. The summed E-state index contributed by atoms with van der Waals surface area (Å²) in [7, 11) is 4.03. The van der Waals surface area contributed by atoms with Crippen LogP contribution in [-0.2, 0) is 12.8 Å². The molecule has 1 saturated carbocycles. The summed E-state index contributed by atoms with van der Waals surface area (Å²) in [6.45, 7) is 0. The van der Waals surface area contributed by atoms with Gasteiger partial charge in [-0.3, -0.25) is 0 Å². The normalized spacial score (nSPS) is 20.2. The number of hydrogen-bond donors (Lipinski definition) is 3. The lowest BCUT2D eigenvalue weighted by Gasteiger charge is -2.30. The molecule has 3 N–H and O–H groups in total. The predicted molar refractivity (Wildman–Crippen MR) is 121 cm³/mol.